The second-order valence-electron chi connectivity index (χ2n) is 8.55. The number of para-hydroxylation sites is 1. The van der Waals surface area contributed by atoms with Crippen molar-refractivity contribution < 1.29 is 19.1 Å². The minimum Gasteiger partial charge on any atom is -0.388 e. The molecule has 1 fully saturated rings. The number of carbonyl (C=O) groups excluding carboxylic acids is 2. The van der Waals surface area contributed by atoms with Crippen molar-refractivity contribution in [1.82, 2.24) is 20.1 Å². The standard InChI is InChI=1S/C26H21ClFN5O3/c27-19-9-8-16(23-20(28)7-4-12-29-23)13-18(19)24(34)31-22-14-21(25(35)30-15-26(36)10-11-26)32-33(22)17-5-2-1-3-6-17/h1-9,12-14,36H,10-11,15H2,(H,30,35)(H,31,34). The fourth-order valence-corrected chi connectivity index (χ4v) is 3.84. The van der Waals surface area contributed by atoms with Crippen molar-refractivity contribution in [2.45, 2.75) is 18.4 Å². The summed E-state index contributed by atoms with van der Waals surface area (Å²) in [4.78, 5) is 30.0. The highest BCUT2D eigenvalue weighted by Gasteiger charge is 2.40. The van der Waals surface area contributed by atoms with Gasteiger partial charge in [-0.1, -0.05) is 35.9 Å². The molecule has 4 aromatic rings. The van der Waals surface area contributed by atoms with Crippen molar-refractivity contribution >= 4 is 29.2 Å². The lowest BCUT2D eigenvalue weighted by atomic mass is 10.1. The van der Waals surface area contributed by atoms with Crippen LogP contribution in [0.5, 0.6) is 0 Å². The van der Waals surface area contributed by atoms with Crippen LogP contribution in [0.1, 0.15) is 33.7 Å². The Bertz CT molecular complexity index is 1450. The molecule has 2 heterocycles. The molecular formula is C26H21ClFN5O3. The van der Waals surface area contributed by atoms with Crippen LogP contribution in [0.3, 0.4) is 0 Å². The fourth-order valence-electron chi connectivity index (χ4n) is 3.63. The first-order valence-electron chi connectivity index (χ1n) is 11.2. The number of hydrogen-bond acceptors (Lipinski definition) is 5. The topological polar surface area (TPSA) is 109 Å². The molecule has 0 unspecified atom stereocenters. The zero-order valence-corrected chi connectivity index (χ0v) is 19.7. The lowest BCUT2D eigenvalue weighted by Crippen LogP contribution is -2.33. The van der Waals surface area contributed by atoms with Gasteiger partial charge in [-0.05, 0) is 49.2 Å². The summed E-state index contributed by atoms with van der Waals surface area (Å²) >= 11 is 6.30. The molecule has 2 amide bonds. The summed E-state index contributed by atoms with van der Waals surface area (Å²) in [5.41, 5.74) is 0.397. The summed E-state index contributed by atoms with van der Waals surface area (Å²) in [5.74, 6) is -1.35. The van der Waals surface area contributed by atoms with Crippen molar-refractivity contribution in [3.05, 3.63) is 95.0 Å². The number of carbonyl (C=O) groups is 2. The zero-order valence-electron chi connectivity index (χ0n) is 18.9. The number of nitrogens with one attached hydrogen (secondary N) is 2. The maximum atomic E-state index is 14.3. The SMILES string of the molecule is O=C(NCC1(O)CC1)c1cc(NC(=O)c2cc(-c3ncccc3F)ccc2Cl)n(-c2ccccc2)n1. The Morgan fingerprint density at radius 3 is 2.56 bits per heavy atom. The second-order valence-corrected chi connectivity index (χ2v) is 8.96. The van der Waals surface area contributed by atoms with Gasteiger partial charge in [0.1, 0.15) is 17.3 Å². The Morgan fingerprint density at radius 1 is 1.06 bits per heavy atom. The average Bonchev–Trinajstić information content (AvgIpc) is 3.48. The van der Waals surface area contributed by atoms with E-state index in [1.165, 1.54) is 41.2 Å². The van der Waals surface area contributed by atoms with E-state index >= 15 is 0 Å². The van der Waals surface area contributed by atoms with Crippen LogP contribution in [0, 0.1) is 5.82 Å². The molecule has 0 atom stereocenters. The molecule has 3 N–H and O–H groups in total. The number of pyridine rings is 1. The van der Waals surface area contributed by atoms with Crippen LogP contribution in [-0.4, -0.2) is 43.8 Å². The van der Waals surface area contributed by atoms with Gasteiger partial charge in [0.15, 0.2) is 5.69 Å². The van der Waals surface area contributed by atoms with Crippen molar-refractivity contribution in [3.8, 4) is 16.9 Å². The summed E-state index contributed by atoms with van der Waals surface area (Å²) in [6.07, 6.45) is 2.73. The monoisotopic (exact) mass is 505 g/mol. The molecule has 0 bridgehead atoms. The largest absolute Gasteiger partial charge is 0.388 e. The van der Waals surface area contributed by atoms with Crippen LogP contribution < -0.4 is 10.6 Å². The fraction of sp³-hybridized carbons (Fsp3) is 0.154. The van der Waals surface area contributed by atoms with E-state index in [2.05, 4.69) is 20.7 Å². The minimum absolute atomic E-state index is 0.0637. The molecule has 182 valence electrons. The van der Waals surface area contributed by atoms with Crippen LogP contribution in [0.4, 0.5) is 10.2 Å². The number of halogens is 2. The molecular weight excluding hydrogens is 485 g/mol. The molecule has 36 heavy (non-hydrogen) atoms. The van der Waals surface area contributed by atoms with E-state index in [9.17, 15) is 19.1 Å². The van der Waals surface area contributed by atoms with Crippen molar-refractivity contribution in [2.24, 2.45) is 0 Å². The zero-order chi connectivity index (χ0) is 25.3. The number of hydrogen-bond donors (Lipinski definition) is 3. The van der Waals surface area contributed by atoms with Gasteiger partial charge < -0.3 is 15.7 Å². The number of amides is 2. The van der Waals surface area contributed by atoms with E-state index in [1.807, 2.05) is 6.07 Å². The quantitative estimate of drug-likeness (QED) is 0.348. The lowest BCUT2D eigenvalue weighted by molar-refractivity contribution is 0.0890. The lowest BCUT2D eigenvalue weighted by Gasteiger charge is -2.11. The van der Waals surface area contributed by atoms with Crippen LogP contribution in [0.25, 0.3) is 16.9 Å². The Balaban J connectivity index is 1.45. The van der Waals surface area contributed by atoms with Crippen molar-refractivity contribution in [3.63, 3.8) is 0 Å². The molecule has 0 saturated heterocycles. The summed E-state index contributed by atoms with van der Waals surface area (Å²) < 4.78 is 15.7. The average molecular weight is 506 g/mol. The van der Waals surface area contributed by atoms with Gasteiger partial charge in [0.05, 0.1) is 21.9 Å². The summed E-state index contributed by atoms with van der Waals surface area (Å²) in [7, 11) is 0. The number of aromatic nitrogens is 3. The third kappa shape index (κ3) is 4.98. The summed E-state index contributed by atoms with van der Waals surface area (Å²) in [6.45, 7) is 0.123. The molecule has 8 nitrogen and oxygen atoms in total. The number of anilines is 1. The van der Waals surface area contributed by atoms with Gasteiger partial charge in [0.25, 0.3) is 11.8 Å². The normalized spacial score (nSPS) is 13.8. The summed E-state index contributed by atoms with van der Waals surface area (Å²) in [6, 6.07) is 17.7. The van der Waals surface area contributed by atoms with Crippen molar-refractivity contribution in [2.75, 3.05) is 11.9 Å². The first-order valence-corrected chi connectivity index (χ1v) is 11.6. The molecule has 2 aromatic carbocycles. The molecule has 0 spiro atoms. The molecule has 1 saturated carbocycles. The van der Waals surface area contributed by atoms with Crippen LogP contribution >= 0.6 is 11.6 Å². The summed E-state index contributed by atoms with van der Waals surface area (Å²) in [5, 5.41) is 20.0. The third-order valence-corrected chi connectivity index (χ3v) is 6.16. The molecule has 1 aliphatic carbocycles. The van der Waals surface area contributed by atoms with E-state index in [-0.39, 0.29) is 34.3 Å². The number of rotatable bonds is 7. The van der Waals surface area contributed by atoms with Gasteiger partial charge in [0, 0.05) is 24.4 Å². The van der Waals surface area contributed by atoms with Gasteiger partial charge in [0.2, 0.25) is 0 Å². The molecule has 1 aliphatic rings. The maximum absolute atomic E-state index is 14.3. The predicted molar refractivity (Wildman–Crippen MR) is 133 cm³/mol. The highest BCUT2D eigenvalue weighted by Crippen LogP contribution is 2.34. The Hall–Kier alpha value is -4.08. The van der Waals surface area contributed by atoms with Gasteiger partial charge in [-0.25, -0.2) is 9.07 Å². The predicted octanol–water partition coefficient (Wildman–Crippen LogP) is 4.23. The Morgan fingerprint density at radius 2 is 1.83 bits per heavy atom. The third-order valence-electron chi connectivity index (χ3n) is 5.83. The Labute approximate surface area is 210 Å². The molecule has 0 aliphatic heterocycles. The van der Waals surface area contributed by atoms with Crippen LogP contribution in [0.2, 0.25) is 5.02 Å². The highest BCUT2D eigenvalue weighted by atomic mass is 35.5. The smallest absolute Gasteiger partial charge is 0.271 e. The first kappa shape index (κ1) is 23.7. The van der Waals surface area contributed by atoms with E-state index < -0.39 is 23.2 Å². The van der Waals surface area contributed by atoms with Gasteiger partial charge in [-0.2, -0.15) is 5.10 Å². The van der Waals surface area contributed by atoms with Gasteiger partial charge in [-0.3, -0.25) is 14.6 Å². The number of aliphatic hydroxyl groups is 1. The highest BCUT2D eigenvalue weighted by molar-refractivity contribution is 6.34. The number of benzene rings is 2. The second kappa shape index (κ2) is 9.52. The van der Waals surface area contributed by atoms with Crippen molar-refractivity contribution in [1.29, 1.82) is 0 Å². The van der Waals surface area contributed by atoms with Crippen LogP contribution in [0.15, 0.2) is 72.9 Å². The number of nitrogens with zero attached hydrogens (tertiary/aromatic N) is 3. The minimum atomic E-state index is -0.858. The maximum Gasteiger partial charge on any atom is 0.271 e. The van der Waals surface area contributed by atoms with Gasteiger partial charge >= 0.3 is 0 Å². The van der Waals surface area contributed by atoms with E-state index in [0.717, 1.165) is 0 Å². The molecule has 2 aromatic heterocycles. The van der Waals surface area contributed by atoms with Gasteiger partial charge in [-0.15, -0.1) is 0 Å². The van der Waals surface area contributed by atoms with E-state index in [4.69, 9.17) is 11.6 Å². The first-order chi connectivity index (χ1) is 17.3. The van der Waals surface area contributed by atoms with E-state index in [1.54, 1.807) is 30.3 Å². The molecule has 0 radical (unpaired) electrons. The Kier molecular flexibility index (Phi) is 6.26. The van der Waals surface area contributed by atoms with Crippen LogP contribution in [-0.2, 0) is 0 Å². The van der Waals surface area contributed by atoms with E-state index in [0.29, 0.717) is 24.1 Å². The molecule has 5 rings (SSSR count). The molecule has 10 heteroatoms.